The van der Waals surface area contributed by atoms with Crippen LogP contribution in [0.15, 0.2) is 18.2 Å². The van der Waals surface area contributed by atoms with E-state index in [9.17, 15) is 9.18 Å². The number of carbonyl (C=O) groups is 1. The largest absolute Gasteiger partial charge is 0.482 e. The van der Waals surface area contributed by atoms with Crippen LogP contribution >= 0.6 is 24.0 Å². The van der Waals surface area contributed by atoms with Gasteiger partial charge in [0.15, 0.2) is 6.61 Å². The highest BCUT2D eigenvalue weighted by molar-refractivity contribution is 6.32. The number of carbonyl (C=O) groups excluding carboxylic acids is 1. The van der Waals surface area contributed by atoms with Crippen molar-refractivity contribution in [3.63, 3.8) is 0 Å². The number of nitrogens with one attached hydrogen (secondary N) is 2. The second-order valence-corrected chi connectivity index (χ2v) is 4.53. The van der Waals surface area contributed by atoms with Crippen molar-refractivity contribution >= 4 is 29.9 Å². The second-order valence-electron chi connectivity index (χ2n) is 4.13. The molecule has 1 rings (SSSR count). The Bertz CT molecular complexity index is 433. The number of likely N-dealkylation sites (N-methyl/N-ethyl adjacent to an activating group) is 1. The van der Waals surface area contributed by atoms with Crippen LogP contribution in [0.2, 0.25) is 5.02 Å². The van der Waals surface area contributed by atoms with Crippen LogP contribution in [-0.4, -0.2) is 31.6 Å². The van der Waals surface area contributed by atoms with Crippen molar-refractivity contribution in [3.8, 4) is 5.75 Å². The third-order valence-electron chi connectivity index (χ3n) is 2.41. The summed E-state index contributed by atoms with van der Waals surface area (Å²) >= 11 is 5.78. The van der Waals surface area contributed by atoms with Gasteiger partial charge in [0, 0.05) is 12.6 Å². The first-order chi connectivity index (χ1) is 9.02. The minimum Gasteiger partial charge on any atom is -0.482 e. The summed E-state index contributed by atoms with van der Waals surface area (Å²) in [4.78, 5) is 11.5. The van der Waals surface area contributed by atoms with Crippen molar-refractivity contribution in [1.82, 2.24) is 10.6 Å². The molecule has 0 aliphatic heterocycles. The Morgan fingerprint density at radius 3 is 2.80 bits per heavy atom. The molecule has 0 saturated heterocycles. The van der Waals surface area contributed by atoms with Crippen molar-refractivity contribution in [2.45, 2.75) is 19.9 Å². The second kappa shape index (κ2) is 9.80. The quantitative estimate of drug-likeness (QED) is 0.809. The average Bonchev–Trinajstić information content (AvgIpc) is 2.35. The van der Waals surface area contributed by atoms with Crippen molar-refractivity contribution < 1.29 is 13.9 Å². The summed E-state index contributed by atoms with van der Waals surface area (Å²) in [5.74, 6) is -0.399. The predicted molar refractivity (Wildman–Crippen MR) is 80.3 cm³/mol. The van der Waals surface area contributed by atoms with Crippen LogP contribution in [0.1, 0.15) is 13.8 Å². The number of rotatable bonds is 7. The van der Waals surface area contributed by atoms with Crippen LogP contribution < -0.4 is 15.4 Å². The smallest absolute Gasteiger partial charge is 0.257 e. The maximum Gasteiger partial charge on any atom is 0.257 e. The van der Waals surface area contributed by atoms with E-state index in [1.807, 2.05) is 13.8 Å². The standard InChI is InChI=1S/C13H18ClFN2O2.ClH/c1-3-16-9(2)7-17-13(18)8-19-12-5-4-10(15)6-11(12)14;/h4-6,9,16H,3,7-8H2,1-2H3,(H,17,18);1H/t9-;/m1./s1. The van der Waals surface area contributed by atoms with Gasteiger partial charge in [-0.25, -0.2) is 4.39 Å². The Morgan fingerprint density at radius 2 is 2.20 bits per heavy atom. The third-order valence-corrected chi connectivity index (χ3v) is 2.71. The number of ether oxygens (including phenoxy) is 1. The van der Waals surface area contributed by atoms with E-state index in [2.05, 4.69) is 10.6 Å². The Labute approximate surface area is 129 Å². The van der Waals surface area contributed by atoms with Gasteiger partial charge in [-0.1, -0.05) is 18.5 Å². The predicted octanol–water partition coefficient (Wildman–Crippen LogP) is 2.39. The van der Waals surface area contributed by atoms with Crippen molar-refractivity contribution in [2.24, 2.45) is 0 Å². The van der Waals surface area contributed by atoms with Gasteiger partial charge in [-0.15, -0.1) is 12.4 Å². The maximum absolute atomic E-state index is 12.8. The van der Waals surface area contributed by atoms with E-state index in [0.717, 1.165) is 12.6 Å². The average molecular weight is 325 g/mol. The number of hydrogen-bond donors (Lipinski definition) is 2. The van der Waals surface area contributed by atoms with Crippen LogP contribution in [0, 0.1) is 5.82 Å². The van der Waals surface area contributed by atoms with Crippen molar-refractivity contribution in [1.29, 1.82) is 0 Å². The molecule has 0 saturated carbocycles. The molecule has 4 nitrogen and oxygen atoms in total. The summed E-state index contributed by atoms with van der Waals surface area (Å²) in [5.41, 5.74) is 0. The van der Waals surface area contributed by atoms with Gasteiger partial charge in [0.05, 0.1) is 5.02 Å². The van der Waals surface area contributed by atoms with Crippen molar-refractivity contribution in [3.05, 3.63) is 29.0 Å². The first kappa shape index (κ1) is 19.0. The fourth-order valence-electron chi connectivity index (χ4n) is 1.47. The van der Waals surface area contributed by atoms with Crippen LogP contribution in [0.4, 0.5) is 4.39 Å². The minimum atomic E-state index is -0.443. The van der Waals surface area contributed by atoms with Crippen LogP contribution in [0.3, 0.4) is 0 Å². The van der Waals surface area contributed by atoms with E-state index >= 15 is 0 Å². The first-order valence-corrected chi connectivity index (χ1v) is 6.48. The minimum absolute atomic E-state index is 0. The number of amides is 1. The van der Waals surface area contributed by atoms with Gasteiger partial charge in [0.25, 0.3) is 5.91 Å². The monoisotopic (exact) mass is 324 g/mol. The first-order valence-electron chi connectivity index (χ1n) is 6.10. The van der Waals surface area contributed by atoms with Gasteiger partial charge in [0.2, 0.25) is 0 Å². The molecular weight excluding hydrogens is 306 g/mol. The van der Waals surface area contributed by atoms with Gasteiger partial charge in [-0.3, -0.25) is 4.79 Å². The van der Waals surface area contributed by atoms with Gasteiger partial charge < -0.3 is 15.4 Å². The van der Waals surface area contributed by atoms with E-state index in [-0.39, 0.29) is 41.7 Å². The molecule has 0 aromatic heterocycles. The Kier molecular flexibility index (Phi) is 9.29. The van der Waals surface area contributed by atoms with Gasteiger partial charge in [0.1, 0.15) is 11.6 Å². The molecule has 20 heavy (non-hydrogen) atoms. The lowest BCUT2D eigenvalue weighted by molar-refractivity contribution is -0.123. The number of hydrogen-bond acceptors (Lipinski definition) is 3. The highest BCUT2D eigenvalue weighted by Gasteiger charge is 2.08. The number of halogens is 3. The molecule has 0 fully saturated rings. The lowest BCUT2D eigenvalue weighted by Crippen LogP contribution is -2.40. The molecule has 1 aromatic rings. The molecule has 1 atom stereocenters. The zero-order valence-electron chi connectivity index (χ0n) is 11.4. The fourth-order valence-corrected chi connectivity index (χ4v) is 1.70. The normalized spacial score (nSPS) is 11.4. The fraction of sp³-hybridized carbons (Fsp3) is 0.462. The summed E-state index contributed by atoms with van der Waals surface area (Å²) in [6.45, 7) is 5.19. The zero-order chi connectivity index (χ0) is 14.3. The van der Waals surface area contributed by atoms with Gasteiger partial charge in [-0.05, 0) is 31.7 Å². The van der Waals surface area contributed by atoms with Crippen LogP contribution in [0.25, 0.3) is 0 Å². The highest BCUT2D eigenvalue weighted by Crippen LogP contribution is 2.24. The lowest BCUT2D eigenvalue weighted by atomic mass is 10.3. The van der Waals surface area contributed by atoms with E-state index in [0.29, 0.717) is 6.54 Å². The molecule has 1 amide bonds. The summed E-state index contributed by atoms with van der Waals surface area (Å²) < 4.78 is 18.0. The molecule has 0 aliphatic rings. The molecule has 7 heteroatoms. The molecule has 114 valence electrons. The molecule has 0 unspecified atom stereocenters. The molecule has 1 aromatic carbocycles. The molecule has 0 spiro atoms. The zero-order valence-corrected chi connectivity index (χ0v) is 13.0. The van der Waals surface area contributed by atoms with Gasteiger partial charge >= 0.3 is 0 Å². The Balaban J connectivity index is 0.00000361. The number of benzene rings is 1. The summed E-state index contributed by atoms with van der Waals surface area (Å²) in [6.07, 6.45) is 0. The molecule has 0 heterocycles. The topological polar surface area (TPSA) is 50.4 Å². The Hall–Kier alpha value is -1.04. The van der Waals surface area contributed by atoms with Crippen molar-refractivity contribution in [2.75, 3.05) is 19.7 Å². The van der Waals surface area contributed by atoms with E-state index in [4.69, 9.17) is 16.3 Å². The SMILES string of the molecule is CCN[C@H](C)CNC(=O)COc1ccc(F)cc1Cl.Cl. The van der Waals surface area contributed by atoms with E-state index in [1.54, 1.807) is 0 Å². The van der Waals surface area contributed by atoms with E-state index in [1.165, 1.54) is 12.1 Å². The summed E-state index contributed by atoms with van der Waals surface area (Å²) in [7, 11) is 0. The van der Waals surface area contributed by atoms with Crippen LogP contribution in [0.5, 0.6) is 5.75 Å². The maximum atomic E-state index is 12.8. The molecule has 0 radical (unpaired) electrons. The van der Waals surface area contributed by atoms with Crippen LogP contribution in [-0.2, 0) is 4.79 Å². The summed E-state index contributed by atoms with van der Waals surface area (Å²) in [5, 5.41) is 6.04. The third kappa shape index (κ3) is 6.93. The van der Waals surface area contributed by atoms with Gasteiger partial charge in [-0.2, -0.15) is 0 Å². The Morgan fingerprint density at radius 1 is 1.50 bits per heavy atom. The summed E-state index contributed by atoms with van der Waals surface area (Å²) in [6, 6.07) is 3.96. The lowest BCUT2D eigenvalue weighted by Gasteiger charge is -2.13. The highest BCUT2D eigenvalue weighted by atomic mass is 35.5. The molecule has 0 aliphatic carbocycles. The molecular formula is C13H19Cl2FN2O2. The molecule has 2 N–H and O–H groups in total. The van der Waals surface area contributed by atoms with E-state index < -0.39 is 5.82 Å². The molecule has 0 bridgehead atoms.